The molecule has 0 aromatic rings. The number of carboxylic acids is 1. The zero-order valence-electron chi connectivity index (χ0n) is 8.40. The molecule has 2 aliphatic rings. The summed E-state index contributed by atoms with van der Waals surface area (Å²) >= 11 is 1.80. The van der Waals surface area contributed by atoms with Crippen LogP contribution in [0.4, 0.5) is 0 Å². The van der Waals surface area contributed by atoms with Gasteiger partial charge in [-0.05, 0) is 18.8 Å². The number of hydrogen-bond donors (Lipinski definition) is 2. The first kappa shape index (κ1) is 10.3. The number of nitrogens with one attached hydrogen (secondary N) is 1. The first-order chi connectivity index (χ1) is 6.68. The number of hydrogen-bond acceptors (Lipinski definition) is 3. The summed E-state index contributed by atoms with van der Waals surface area (Å²) in [7, 11) is 0. The van der Waals surface area contributed by atoms with Crippen LogP contribution in [0.15, 0.2) is 0 Å². The summed E-state index contributed by atoms with van der Waals surface area (Å²) in [5, 5.41) is 12.8. The molecule has 1 saturated carbocycles. The van der Waals surface area contributed by atoms with Crippen LogP contribution in [-0.2, 0) is 4.79 Å². The van der Waals surface area contributed by atoms with Crippen LogP contribution in [0.5, 0.6) is 0 Å². The number of carboxylic acid groups (broad SMARTS) is 1. The van der Waals surface area contributed by atoms with Gasteiger partial charge in [0.05, 0.1) is 0 Å². The third kappa shape index (κ3) is 1.91. The highest BCUT2D eigenvalue weighted by atomic mass is 32.2. The topological polar surface area (TPSA) is 49.3 Å². The molecule has 1 aliphatic carbocycles. The highest BCUT2D eigenvalue weighted by molar-refractivity contribution is 8.00. The normalized spacial score (nSPS) is 39.1. The molecule has 0 spiro atoms. The summed E-state index contributed by atoms with van der Waals surface area (Å²) in [5.74, 6) is 0.730. The van der Waals surface area contributed by atoms with Crippen LogP contribution in [-0.4, -0.2) is 34.2 Å². The predicted molar refractivity (Wildman–Crippen MR) is 57.6 cm³/mol. The lowest BCUT2D eigenvalue weighted by Crippen LogP contribution is -2.56. The van der Waals surface area contributed by atoms with Gasteiger partial charge in [-0.3, -0.25) is 10.1 Å². The highest BCUT2D eigenvalue weighted by Crippen LogP contribution is 2.36. The van der Waals surface area contributed by atoms with Crippen molar-refractivity contribution in [3.63, 3.8) is 0 Å². The molecule has 2 N–H and O–H groups in total. The molecule has 1 aliphatic heterocycles. The van der Waals surface area contributed by atoms with Crippen molar-refractivity contribution in [2.75, 3.05) is 5.75 Å². The Bertz CT molecular complexity index is 228. The summed E-state index contributed by atoms with van der Waals surface area (Å²) < 4.78 is 0. The molecule has 0 amide bonds. The van der Waals surface area contributed by atoms with Gasteiger partial charge in [-0.2, -0.15) is 11.8 Å². The molecule has 80 valence electrons. The Labute approximate surface area is 88.6 Å². The van der Waals surface area contributed by atoms with E-state index in [4.69, 9.17) is 5.11 Å². The molecule has 3 nitrogen and oxygen atoms in total. The van der Waals surface area contributed by atoms with Crippen LogP contribution in [0.1, 0.15) is 26.2 Å². The summed E-state index contributed by atoms with van der Waals surface area (Å²) in [6.07, 6.45) is 3.86. The van der Waals surface area contributed by atoms with Crippen molar-refractivity contribution in [1.29, 1.82) is 0 Å². The Morgan fingerprint density at radius 1 is 1.50 bits per heavy atom. The molecule has 2 fully saturated rings. The number of aliphatic carboxylic acids is 1. The fourth-order valence-electron chi connectivity index (χ4n) is 2.23. The molecule has 0 bridgehead atoms. The molecule has 14 heavy (non-hydrogen) atoms. The number of carbonyl (C=O) groups is 1. The van der Waals surface area contributed by atoms with Gasteiger partial charge in [0.1, 0.15) is 6.04 Å². The van der Waals surface area contributed by atoms with E-state index in [9.17, 15) is 4.79 Å². The Balaban J connectivity index is 1.95. The number of thioether (sulfide) groups is 1. The summed E-state index contributed by atoms with van der Waals surface area (Å²) in [4.78, 5) is 10.9. The van der Waals surface area contributed by atoms with Gasteiger partial charge in [-0.15, -0.1) is 0 Å². The molecular formula is C10H17NO2S. The smallest absolute Gasteiger partial charge is 0.321 e. The largest absolute Gasteiger partial charge is 0.480 e. The summed E-state index contributed by atoms with van der Waals surface area (Å²) in [6, 6.07) is 0.0883. The molecule has 2 rings (SSSR count). The van der Waals surface area contributed by atoms with Crippen molar-refractivity contribution < 1.29 is 9.90 Å². The van der Waals surface area contributed by atoms with E-state index >= 15 is 0 Å². The van der Waals surface area contributed by atoms with Crippen LogP contribution in [0, 0.1) is 5.92 Å². The summed E-state index contributed by atoms with van der Waals surface area (Å²) in [5.41, 5.74) is 0. The van der Waals surface area contributed by atoms with E-state index in [2.05, 4.69) is 12.2 Å². The standard InChI is InChI=1S/C10H17NO2S/c1-6-9(7-3-2-4-7)11-8(5-14-6)10(12)13/h6-9,11H,2-5H2,1H3,(H,12,13). The van der Waals surface area contributed by atoms with Gasteiger partial charge in [-0.1, -0.05) is 13.3 Å². The maximum atomic E-state index is 10.9. The Morgan fingerprint density at radius 2 is 2.21 bits per heavy atom. The minimum atomic E-state index is -0.700. The van der Waals surface area contributed by atoms with Crippen LogP contribution < -0.4 is 5.32 Å². The zero-order chi connectivity index (χ0) is 10.1. The first-order valence-corrected chi connectivity index (χ1v) is 6.34. The molecule has 3 atom stereocenters. The molecule has 1 heterocycles. The van der Waals surface area contributed by atoms with Crippen LogP contribution in [0.2, 0.25) is 0 Å². The monoisotopic (exact) mass is 215 g/mol. The molecule has 0 aromatic carbocycles. The minimum Gasteiger partial charge on any atom is -0.480 e. The SMILES string of the molecule is CC1SCC(C(=O)O)NC1C1CCC1. The van der Waals surface area contributed by atoms with Gasteiger partial charge in [0.25, 0.3) is 0 Å². The second-order valence-corrected chi connectivity index (χ2v) is 5.72. The fourth-order valence-corrected chi connectivity index (χ4v) is 3.47. The fraction of sp³-hybridized carbons (Fsp3) is 0.900. The van der Waals surface area contributed by atoms with Gasteiger partial charge < -0.3 is 5.11 Å². The van der Waals surface area contributed by atoms with Crippen LogP contribution in [0.25, 0.3) is 0 Å². The molecule has 0 aromatic heterocycles. The third-order valence-electron chi connectivity index (χ3n) is 3.38. The van der Waals surface area contributed by atoms with Gasteiger partial charge in [0.15, 0.2) is 0 Å². The van der Waals surface area contributed by atoms with E-state index in [1.807, 2.05) is 0 Å². The first-order valence-electron chi connectivity index (χ1n) is 5.29. The van der Waals surface area contributed by atoms with Gasteiger partial charge in [-0.25, -0.2) is 0 Å². The van der Waals surface area contributed by atoms with Gasteiger partial charge >= 0.3 is 5.97 Å². The Kier molecular flexibility index (Phi) is 3.02. The van der Waals surface area contributed by atoms with E-state index in [-0.39, 0.29) is 6.04 Å². The average molecular weight is 215 g/mol. The zero-order valence-corrected chi connectivity index (χ0v) is 9.22. The third-order valence-corrected chi connectivity index (χ3v) is 4.73. The molecule has 3 unspecified atom stereocenters. The molecular weight excluding hydrogens is 198 g/mol. The van der Waals surface area contributed by atoms with E-state index in [1.54, 1.807) is 11.8 Å². The van der Waals surface area contributed by atoms with E-state index in [0.717, 1.165) is 5.92 Å². The van der Waals surface area contributed by atoms with E-state index in [1.165, 1.54) is 19.3 Å². The van der Waals surface area contributed by atoms with Crippen molar-refractivity contribution in [1.82, 2.24) is 5.32 Å². The lowest BCUT2D eigenvalue weighted by molar-refractivity contribution is -0.139. The molecule has 0 radical (unpaired) electrons. The minimum absolute atomic E-state index is 0.332. The Hall–Kier alpha value is -0.220. The summed E-state index contributed by atoms with van der Waals surface area (Å²) in [6.45, 7) is 2.21. The Morgan fingerprint density at radius 3 is 2.71 bits per heavy atom. The van der Waals surface area contributed by atoms with Crippen molar-refractivity contribution in [3.05, 3.63) is 0 Å². The molecule has 4 heteroatoms. The predicted octanol–water partition coefficient (Wildman–Crippen LogP) is 1.33. The van der Waals surface area contributed by atoms with Crippen molar-refractivity contribution >= 4 is 17.7 Å². The van der Waals surface area contributed by atoms with E-state index in [0.29, 0.717) is 17.0 Å². The van der Waals surface area contributed by atoms with Crippen LogP contribution >= 0.6 is 11.8 Å². The lowest BCUT2D eigenvalue weighted by Gasteiger charge is -2.42. The second-order valence-electron chi connectivity index (χ2n) is 4.31. The quantitative estimate of drug-likeness (QED) is 0.729. The lowest BCUT2D eigenvalue weighted by atomic mass is 9.78. The molecule has 1 saturated heterocycles. The van der Waals surface area contributed by atoms with E-state index < -0.39 is 5.97 Å². The van der Waals surface area contributed by atoms with Crippen molar-refractivity contribution in [2.24, 2.45) is 5.92 Å². The van der Waals surface area contributed by atoms with Crippen molar-refractivity contribution in [3.8, 4) is 0 Å². The highest BCUT2D eigenvalue weighted by Gasteiger charge is 2.37. The van der Waals surface area contributed by atoms with Crippen LogP contribution in [0.3, 0.4) is 0 Å². The maximum absolute atomic E-state index is 10.9. The average Bonchev–Trinajstić information content (AvgIpc) is 2.05. The van der Waals surface area contributed by atoms with Gasteiger partial charge in [0, 0.05) is 17.0 Å². The van der Waals surface area contributed by atoms with Gasteiger partial charge in [0.2, 0.25) is 0 Å². The van der Waals surface area contributed by atoms with Crippen molar-refractivity contribution in [2.45, 2.75) is 43.5 Å². The maximum Gasteiger partial charge on any atom is 0.321 e. The number of rotatable bonds is 2. The second kappa shape index (κ2) is 4.11.